The summed E-state index contributed by atoms with van der Waals surface area (Å²) in [5.41, 5.74) is 4.00. The fraction of sp³-hybridized carbons (Fsp3) is 0.800. The van der Waals surface area contributed by atoms with E-state index in [1.54, 1.807) is 20.8 Å². The van der Waals surface area contributed by atoms with Gasteiger partial charge in [-0.3, -0.25) is 13.7 Å². The predicted molar refractivity (Wildman–Crippen MR) is 96.0 cm³/mol. The number of nitrogens with two attached hydrogens (primary N) is 1. The number of hydrogen-bond donors (Lipinski definition) is 2. The molecule has 0 aliphatic heterocycles. The number of rotatable bonds is 0. The molecule has 0 spiro atoms. The average Bonchev–Trinajstić information content (AvgIpc) is 2.14. The van der Waals surface area contributed by atoms with E-state index in [2.05, 4.69) is 5.73 Å². The second-order valence-electron chi connectivity index (χ2n) is 4.12. The number of carbonyl (C=O) groups is 1. The van der Waals surface area contributed by atoms with E-state index in [1.165, 1.54) is 20.9 Å². The zero-order valence-corrected chi connectivity index (χ0v) is 22.3. The summed E-state index contributed by atoms with van der Waals surface area (Å²) in [7, 11) is 1.50. The van der Waals surface area contributed by atoms with Crippen LogP contribution in [0, 0.1) is 0 Å². The number of allylic oxidation sites excluding steroid dienone is 2. The number of halogens is 1. The second kappa shape index (κ2) is 50.5. The summed E-state index contributed by atoms with van der Waals surface area (Å²) in [6, 6.07) is 0. The van der Waals surface area contributed by atoms with Gasteiger partial charge < -0.3 is 17.1 Å². The van der Waals surface area contributed by atoms with Gasteiger partial charge in [-0.1, -0.05) is 34.4 Å². The van der Waals surface area contributed by atoms with Gasteiger partial charge in [0.1, 0.15) is 25.9 Å². The largest absolute Gasteiger partial charge is 1.00 e. The van der Waals surface area contributed by atoms with Gasteiger partial charge in [-0.15, -0.1) is 0 Å². The monoisotopic (exact) mass is 516 g/mol. The van der Waals surface area contributed by atoms with Crippen molar-refractivity contribution in [3.63, 3.8) is 0 Å². The molecule has 0 saturated carbocycles. The van der Waals surface area contributed by atoms with Gasteiger partial charge in [0.25, 0.3) is 0 Å². The fourth-order valence-electron chi connectivity index (χ4n) is 0. The second-order valence-corrected chi connectivity index (χ2v) is 6.28. The van der Waals surface area contributed by atoms with Gasteiger partial charge in [-0.2, -0.15) is 0 Å². The maximum absolute atomic E-state index is 9.44. The zero-order valence-electron chi connectivity index (χ0n) is 17.2. The van der Waals surface area contributed by atoms with Crippen LogP contribution in [0.15, 0.2) is 12.2 Å². The SMILES string of the molecule is C.C.C.CC(C)(C)O.CC(C)=O.CC=CC.CN.[B].[H-].[Na+].[Na+].[O-][I+3]([O-])([O-])[O-]. The molecule has 0 saturated heterocycles. The van der Waals surface area contributed by atoms with Gasteiger partial charge >= 0.3 is 59.1 Å². The molecule has 0 aliphatic rings. The van der Waals surface area contributed by atoms with E-state index in [0.29, 0.717) is 0 Å². The van der Waals surface area contributed by atoms with Crippen LogP contribution in [0.5, 0.6) is 0 Å². The summed E-state index contributed by atoms with van der Waals surface area (Å²) >= 11 is -5.94. The molecule has 0 aliphatic carbocycles. The Bertz CT molecular complexity index is 201. The topological polar surface area (TPSA) is 156 Å². The minimum absolute atomic E-state index is 0. The van der Waals surface area contributed by atoms with Gasteiger partial charge in [-0.05, 0) is 55.5 Å². The maximum Gasteiger partial charge on any atom is 1.00 e. The Kier molecular flexibility index (Phi) is 137. The molecular formula is C15H42BINNa2O6. The van der Waals surface area contributed by atoms with Crippen LogP contribution in [0.1, 0.15) is 72.2 Å². The van der Waals surface area contributed by atoms with Crippen molar-refractivity contribution in [2.24, 2.45) is 5.73 Å². The minimum Gasteiger partial charge on any atom is -1.00 e. The first kappa shape index (κ1) is 70.6. The van der Waals surface area contributed by atoms with Crippen molar-refractivity contribution in [2.45, 2.75) is 76.3 Å². The van der Waals surface area contributed by atoms with Crippen LogP contribution in [0.4, 0.5) is 0 Å². The van der Waals surface area contributed by atoms with E-state index in [-0.39, 0.29) is 97.0 Å². The Balaban J connectivity index is -0.00000000997. The molecule has 0 aromatic rings. The van der Waals surface area contributed by atoms with Crippen molar-refractivity contribution in [2.75, 3.05) is 7.05 Å². The van der Waals surface area contributed by atoms with Gasteiger partial charge in [0.15, 0.2) is 0 Å². The van der Waals surface area contributed by atoms with Crippen LogP contribution in [0.3, 0.4) is 0 Å². The molecule has 0 heterocycles. The van der Waals surface area contributed by atoms with Crippen molar-refractivity contribution < 1.29 is 104 Å². The van der Waals surface area contributed by atoms with Crippen molar-refractivity contribution in [1.29, 1.82) is 0 Å². The summed E-state index contributed by atoms with van der Waals surface area (Å²) in [6.45, 7) is 12.3. The van der Waals surface area contributed by atoms with Crippen LogP contribution >= 0.6 is 0 Å². The van der Waals surface area contributed by atoms with Crippen LogP contribution in [-0.4, -0.2) is 32.0 Å². The molecule has 11 heteroatoms. The van der Waals surface area contributed by atoms with Gasteiger partial charge in [0, 0.05) is 8.41 Å². The molecule has 0 atom stereocenters. The Morgan fingerprint density at radius 2 is 0.962 bits per heavy atom. The normalized spacial score (nSPS) is 7.31. The molecule has 7 nitrogen and oxygen atoms in total. The van der Waals surface area contributed by atoms with E-state index in [4.69, 9.17) is 18.9 Å². The third kappa shape index (κ3) is 1840. The van der Waals surface area contributed by atoms with Crippen LogP contribution < -0.4 is 98.7 Å². The average molecular weight is 516 g/mol. The number of ketones is 1. The summed E-state index contributed by atoms with van der Waals surface area (Å²) in [6.07, 6.45) is 4.00. The molecule has 3 radical (unpaired) electrons. The molecule has 0 bridgehead atoms. The quantitative estimate of drug-likeness (QED) is 0.184. The van der Waals surface area contributed by atoms with Gasteiger partial charge in [0.05, 0.1) is 5.60 Å². The van der Waals surface area contributed by atoms with E-state index in [0.717, 1.165) is 0 Å². The van der Waals surface area contributed by atoms with Crippen LogP contribution in [0.25, 0.3) is 0 Å². The predicted octanol–water partition coefficient (Wildman–Crippen LogP) is -9.57. The van der Waals surface area contributed by atoms with Gasteiger partial charge in [-0.25, -0.2) is 0 Å². The number of carbonyl (C=O) groups excluding carboxylic acids is 1. The summed E-state index contributed by atoms with van der Waals surface area (Å²) < 4.78 is 34.5. The van der Waals surface area contributed by atoms with E-state index >= 15 is 0 Å². The molecule has 0 aromatic carbocycles. The van der Waals surface area contributed by atoms with E-state index < -0.39 is 25.7 Å². The molecule has 0 fully saturated rings. The smallest absolute Gasteiger partial charge is 1.00 e. The fourth-order valence-corrected chi connectivity index (χ4v) is 0. The van der Waals surface area contributed by atoms with Crippen molar-refractivity contribution in [1.82, 2.24) is 0 Å². The Labute approximate surface area is 217 Å². The molecule has 155 valence electrons. The van der Waals surface area contributed by atoms with E-state index in [1.807, 2.05) is 26.0 Å². The first-order chi connectivity index (χ1) is 8.65. The number of hydrogen-bond acceptors (Lipinski definition) is 7. The Morgan fingerprint density at radius 3 is 0.962 bits per heavy atom. The van der Waals surface area contributed by atoms with Gasteiger partial charge in [0.2, 0.25) is 0 Å². The third-order valence-corrected chi connectivity index (χ3v) is 0.333. The first-order valence-electron chi connectivity index (χ1n) is 5.61. The van der Waals surface area contributed by atoms with Crippen LogP contribution in [0.2, 0.25) is 0 Å². The minimum atomic E-state index is -5.94. The first-order valence-corrected chi connectivity index (χ1v) is 9.13. The van der Waals surface area contributed by atoms with E-state index in [9.17, 15) is 4.79 Å². The standard InChI is InChI=1S/C4H10O.C4H8.C3H6O.CH5N.3CH4.B.IO4.2Na.H/c1-4(2,3)5;1-3-4-2;1-3(2)4;1-2;;;;;2-1(3,4)5;;;/h5H,1-3H3;3-4H,1-2H3;1-2H3;2H2,1H3;3*1H4;;;;;/q;;;;;;;;-1;2*+1;-1. The molecule has 0 amide bonds. The summed E-state index contributed by atoms with van der Waals surface area (Å²) in [5.74, 6) is 0.167. The summed E-state index contributed by atoms with van der Waals surface area (Å²) in [5, 5.41) is 8.52. The molecule has 26 heavy (non-hydrogen) atoms. The molecular weight excluding hydrogens is 474 g/mol. The maximum atomic E-state index is 9.44. The van der Waals surface area contributed by atoms with Crippen molar-refractivity contribution >= 4 is 14.2 Å². The Hall–Kier alpha value is 1.96. The zero-order chi connectivity index (χ0) is 18.0. The van der Waals surface area contributed by atoms with Crippen molar-refractivity contribution in [3.05, 3.63) is 12.2 Å². The third-order valence-electron chi connectivity index (χ3n) is 0.333. The molecule has 0 unspecified atom stereocenters. The summed E-state index contributed by atoms with van der Waals surface area (Å²) in [4.78, 5) is 9.44. The molecule has 0 aromatic heterocycles. The van der Waals surface area contributed by atoms with Crippen molar-refractivity contribution in [3.8, 4) is 0 Å². The Morgan fingerprint density at radius 1 is 0.923 bits per heavy atom. The molecule has 0 rings (SSSR count). The van der Waals surface area contributed by atoms with Crippen LogP contribution in [-0.2, 0) is 4.79 Å². The number of Topliss-reactive ketones (excluding diaryl/α,β-unsaturated/α-hetero) is 1. The molecule has 3 N–H and O–H groups in total. The number of aliphatic hydroxyl groups is 1.